The van der Waals surface area contributed by atoms with Crippen LogP contribution in [-0.4, -0.2) is 28.8 Å². The fraction of sp³-hybridized carbons (Fsp3) is 0.667. The minimum absolute atomic E-state index is 0.00611. The van der Waals surface area contributed by atoms with E-state index in [1.807, 2.05) is 11.6 Å². The Morgan fingerprint density at radius 2 is 2.41 bits per heavy atom. The number of aromatic nitrogens is 2. The molecule has 0 bridgehead atoms. The molecule has 1 saturated carbocycles. The van der Waals surface area contributed by atoms with E-state index < -0.39 is 0 Å². The quantitative estimate of drug-likeness (QED) is 0.763. The summed E-state index contributed by atoms with van der Waals surface area (Å²) in [6.07, 6.45) is 5.02. The van der Waals surface area contributed by atoms with Crippen LogP contribution in [0.15, 0.2) is 6.20 Å². The average molecular weight is 236 g/mol. The highest BCUT2D eigenvalue weighted by atomic mass is 16.1. The fourth-order valence-corrected chi connectivity index (χ4v) is 1.79. The molecule has 0 spiro atoms. The molecule has 1 amide bonds. The van der Waals surface area contributed by atoms with Crippen molar-refractivity contribution in [2.75, 3.05) is 13.1 Å². The molecular weight excluding hydrogens is 216 g/mol. The Bertz CT molecular complexity index is 395. The van der Waals surface area contributed by atoms with Crippen molar-refractivity contribution in [3.8, 4) is 0 Å². The number of rotatable bonds is 6. The van der Waals surface area contributed by atoms with E-state index in [9.17, 15) is 4.79 Å². The normalized spacial score (nSPS) is 14.9. The van der Waals surface area contributed by atoms with Crippen LogP contribution in [0, 0.1) is 12.8 Å². The first-order valence-corrected chi connectivity index (χ1v) is 6.23. The van der Waals surface area contributed by atoms with Crippen LogP contribution in [0.1, 0.15) is 35.3 Å². The SMILES string of the molecule is Cc1c(C(=O)NCC2CC2)cnn1CCCN. The summed E-state index contributed by atoms with van der Waals surface area (Å²) in [5.41, 5.74) is 7.07. The predicted molar refractivity (Wildman–Crippen MR) is 65.7 cm³/mol. The van der Waals surface area contributed by atoms with E-state index in [0.29, 0.717) is 18.0 Å². The van der Waals surface area contributed by atoms with E-state index in [-0.39, 0.29) is 5.91 Å². The number of hydrogen-bond acceptors (Lipinski definition) is 3. The Balaban J connectivity index is 1.94. The molecule has 0 saturated heterocycles. The van der Waals surface area contributed by atoms with E-state index in [2.05, 4.69) is 10.4 Å². The molecular formula is C12H20N4O. The molecule has 5 nitrogen and oxygen atoms in total. The first-order valence-electron chi connectivity index (χ1n) is 6.23. The van der Waals surface area contributed by atoms with Gasteiger partial charge in [-0.15, -0.1) is 0 Å². The van der Waals surface area contributed by atoms with Gasteiger partial charge in [-0.25, -0.2) is 0 Å². The van der Waals surface area contributed by atoms with Crippen molar-refractivity contribution >= 4 is 5.91 Å². The van der Waals surface area contributed by atoms with Gasteiger partial charge in [-0.05, 0) is 38.6 Å². The molecule has 3 N–H and O–H groups in total. The number of nitrogens with zero attached hydrogens (tertiary/aromatic N) is 2. The molecule has 0 atom stereocenters. The van der Waals surface area contributed by atoms with Crippen LogP contribution in [0.2, 0.25) is 0 Å². The predicted octanol–water partition coefficient (Wildman–Crippen LogP) is 0.680. The lowest BCUT2D eigenvalue weighted by molar-refractivity contribution is 0.0951. The molecule has 0 radical (unpaired) electrons. The minimum atomic E-state index is -0.00611. The smallest absolute Gasteiger partial charge is 0.254 e. The molecule has 0 aromatic carbocycles. The minimum Gasteiger partial charge on any atom is -0.352 e. The fourth-order valence-electron chi connectivity index (χ4n) is 1.79. The monoisotopic (exact) mass is 236 g/mol. The summed E-state index contributed by atoms with van der Waals surface area (Å²) in [6, 6.07) is 0. The van der Waals surface area contributed by atoms with Crippen LogP contribution in [0.4, 0.5) is 0 Å². The number of hydrogen-bond donors (Lipinski definition) is 2. The van der Waals surface area contributed by atoms with Crippen molar-refractivity contribution in [3.63, 3.8) is 0 Å². The van der Waals surface area contributed by atoms with Crippen LogP contribution >= 0.6 is 0 Å². The maximum absolute atomic E-state index is 11.9. The molecule has 1 aliphatic carbocycles. The van der Waals surface area contributed by atoms with Gasteiger partial charge in [0, 0.05) is 18.8 Å². The Labute approximate surface area is 101 Å². The van der Waals surface area contributed by atoms with Gasteiger partial charge in [-0.1, -0.05) is 0 Å². The number of nitrogens with one attached hydrogen (secondary N) is 1. The zero-order chi connectivity index (χ0) is 12.3. The Morgan fingerprint density at radius 3 is 3.06 bits per heavy atom. The zero-order valence-corrected chi connectivity index (χ0v) is 10.3. The maximum Gasteiger partial charge on any atom is 0.254 e. The lowest BCUT2D eigenvalue weighted by Gasteiger charge is -2.05. The van der Waals surface area contributed by atoms with Gasteiger partial charge < -0.3 is 11.1 Å². The van der Waals surface area contributed by atoms with E-state index in [1.165, 1.54) is 12.8 Å². The molecule has 1 heterocycles. The summed E-state index contributed by atoms with van der Waals surface area (Å²) in [5.74, 6) is 0.694. The Kier molecular flexibility index (Phi) is 3.78. The highest BCUT2D eigenvalue weighted by molar-refractivity contribution is 5.95. The van der Waals surface area contributed by atoms with Gasteiger partial charge in [0.1, 0.15) is 0 Å². The van der Waals surface area contributed by atoms with Crippen LogP contribution in [-0.2, 0) is 6.54 Å². The summed E-state index contributed by atoms with van der Waals surface area (Å²) in [5, 5.41) is 7.17. The van der Waals surface area contributed by atoms with Crippen molar-refractivity contribution in [1.29, 1.82) is 0 Å². The van der Waals surface area contributed by atoms with E-state index >= 15 is 0 Å². The summed E-state index contributed by atoms with van der Waals surface area (Å²) in [7, 11) is 0. The summed E-state index contributed by atoms with van der Waals surface area (Å²) in [4.78, 5) is 11.9. The third-order valence-electron chi connectivity index (χ3n) is 3.17. The maximum atomic E-state index is 11.9. The van der Waals surface area contributed by atoms with Gasteiger partial charge in [0.2, 0.25) is 0 Å². The first-order chi connectivity index (χ1) is 8.22. The largest absolute Gasteiger partial charge is 0.352 e. The molecule has 5 heteroatoms. The lowest BCUT2D eigenvalue weighted by Crippen LogP contribution is -2.26. The van der Waals surface area contributed by atoms with Crippen LogP contribution in [0.25, 0.3) is 0 Å². The molecule has 1 fully saturated rings. The van der Waals surface area contributed by atoms with Gasteiger partial charge in [-0.3, -0.25) is 9.48 Å². The van der Waals surface area contributed by atoms with Gasteiger partial charge in [0.15, 0.2) is 0 Å². The topological polar surface area (TPSA) is 72.9 Å². The highest BCUT2D eigenvalue weighted by Crippen LogP contribution is 2.27. The summed E-state index contributed by atoms with van der Waals surface area (Å²) >= 11 is 0. The number of carbonyl (C=O) groups is 1. The molecule has 1 aromatic heterocycles. The van der Waals surface area contributed by atoms with Gasteiger partial charge in [0.25, 0.3) is 5.91 Å². The van der Waals surface area contributed by atoms with Crippen molar-refractivity contribution in [2.45, 2.75) is 32.7 Å². The van der Waals surface area contributed by atoms with Gasteiger partial charge >= 0.3 is 0 Å². The van der Waals surface area contributed by atoms with E-state index in [0.717, 1.165) is 25.2 Å². The van der Waals surface area contributed by atoms with Gasteiger partial charge in [0.05, 0.1) is 11.8 Å². The zero-order valence-electron chi connectivity index (χ0n) is 10.3. The molecule has 0 unspecified atom stereocenters. The van der Waals surface area contributed by atoms with Crippen molar-refractivity contribution < 1.29 is 4.79 Å². The number of carbonyl (C=O) groups excluding carboxylic acids is 1. The highest BCUT2D eigenvalue weighted by Gasteiger charge is 2.22. The van der Waals surface area contributed by atoms with Gasteiger partial charge in [-0.2, -0.15) is 5.10 Å². The second-order valence-corrected chi connectivity index (χ2v) is 4.66. The van der Waals surface area contributed by atoms with E-state index in [1.54, 1.807) is 6.20 Å². The number of aryl methyl sites for hydroxylation is 1. The number of amides is 1. The first kappa shape index (κ1) is 12.1. The summed E-state index contributed by atoms with van der Waals surface area (Å²) < 4.78 is 1.85. The lowest BCUT2D eigenvalue weighted by atomic mass is 10.2. The van der Waals surface area contributed by atoms with Crippen LogP contribution in [0.3, 0.4) is 0 Å². The average Bonchev–Trinajstić information content (AvgIpc) is 3.08. The molecule has 1 aliphatic rings. The molecule has 0 aliphatic heterocycles. The second kappa shape index (κ2) is 5.31. The standard InChI is InChI=1S/C12H20N4O/c1-9-11(8-15-16(9)6-2-5-13)12(17)14-7-10-3-4-10/h8,10H,2-7,13H2,1H3,(H,14,17). The molecule has 1 aromatic rings. The van der Waals surface area contributed by atoms with Crippen molar-refractivity contribution in [3.05, 3.63) is 17.5 Å². The number of nitrogens with two attached hydrogens (primary N) is 1. The van der Waals surface area contributed by atoms with E-state index in [4.69, 9.17) is 5.73 Å². The Morgan fingerprint density at radius 1 is 1.65 bits per heavy atom. The second-order valence-electron chi connectivity index (χ2n) is 4.66. The molecule has 2 rings (SSSR count). The third kappa shape index (κ3) is 3.06. The summed E-state index contributed by atoms with van der Waals surface area (Å²) in [6.45, 7) is 4.14. The van der Waals surface area contributed by atoms with Crippen LogP contribution < -0.4 is 11.1 Å². The molecule has 17 heavy (non-hydrogen) atoms. The van der Waals surface area contributed by atoms with Crippen molar-refractivity contribution in [2.24, 2.45) is 11.7 Å². The van der Waals surface area contributed by atoms with Crippen LogP contribution in [0.5, 0.6) is 0 Å². The van der Waals surface area contributed by atoms with Crippen molar-refractivity contribution in [1.82, 2.24) is 15.1 Å². The molecule has 94 valence electrons. The third-order valence-corrected chi connectivity index (χ3v) is 3.17. The Hall–Kier alpha value is -1.36.